The van der Waals surface area contributed by atoms with Crippen molar-refractivity contribution in [1.82, 2.24) is 4.90 Å². The Labute approximate surface area is 196 Å². The van der Waals surface area contributed by atoms with Gasteiger partial charge in [0.25, 0.3) is 0 Å². The lowest BCUT2D eigenvalue weighted by Gasteiger charge is -2.27. The number of aryl methyl sites for hydroxylation is 1. The number of Topliss-reactive ketones (excluding diaryl/α,β-unsaturated/α-hetero) is 2. The molecule has 3 atom stereocenters. The smallest absolute Gasteiger partial charge is 0.237 e. The molecule has 6 heteroatoms. The van der Waals surface area contributed by atoms with Crippen molar-refractivity contribution < 1.29 is 23.9 Å². The molecular weight excluding hydrogens is 430 g/mol. The second-order valence-electron chi connectivity index (χ2n) is 9.14. The van der Waals surface area contributed by atoms with Gasteiger partial charge in [-0.05, 0) is 18.1 Å². The third kappa shape index (κ3) is 2.66. The van der Waals surface area contributed by atoms with Crippen molar-refractivity contribution in [2.75, 3.05) is 0 Å². The summed E-state index contributed by atoms with van der Waals surface area (Å²) < 4.78 is 6.30. The van der Waals surface area contributed by atoms with Gasteiger partial charge in [0.05, 0.1) is 24.5 Å². The number of carbonyl (C=O) groups excluding carboxylic acids is 4. The summed E-state index contributed by atoms with van der Waals surface area (Å²) in [7, 11) is 0. The lowest BCUT2D eigenvalue weighted by molar-refractivity contribution is -0.145. The molecule has 1 spiro atoms. The van der Waals surface area contributed by atoms with Gasteiger partial charge in [-0.1, -0.05) is 84.4 Å². The van der Waals surface area contributed by atoms with E-state index in [1.54, 1.807) is 24.3 Å². The number of hydrogen-bond donors (Lipinski definition) is 0. The predicted molar refractivity (Wildman–Crippen MR) is 122 cm³/mol. The lowest BCUT2D eigenvalue weighted by atomic mass is 9.77. The number of carbonyl (C=O) groups is 4. The summed E-state index contributed by atoms with van der Waals surface area (Å²) in [6.45, 7) is 1.99. The summed E-state index contributed by atoms with van der Waals surface area (Å²) in [4.78, 5) is 56.1. The standard InChI is InChI=1S/C28H21NO5/c1-16-8-7-11-18(14-16)23-21-22(27(33)29(26(21)32)15-17-9-3-2-4-10-17)28(34-23)24(30)19-12-5-6-13-20(19)25(28)31/h2-14,21-23H,15H2,1H3. The van der Waals surface area contributed by atoms with E-state index >= 15 is 0 Å². The maximum atomic E-state index is 13.8. The summed E-state index contributed by atoms with van der Waals surface area (Å²) in [5.41, 5.74) is 0.852. The minimum absolute atomic E-state index is 0.0808. The largest absolute Gasteiger partial charge is 0.349 e. The molecule has 2 fully saturated rings. The molecule has 6 nitrogen and oxygen atoms in total. The fourth-order valence-corrected chi connectivity index (χ4v) is 5.65. The van der Waals surface area contributed by atoms with Crippen LogP contribution in [-0.4, -0.2) is 33.9 Å². The Bertz CT molecular complexity index is 1340. The summed E-state index contributed by atoms with van der Waals surface area (Å²) in [5, 5.41) is 0. The highest BCUT2D eigenvalue weighted by Crippen LogP contribution is 2.57. The Morgan fingerprint density at radius 2 is 1.44 bits per heavy atom. The number of ketones is 2. The highest BCUT2D eigenvalue weighted by atomic mass is 16.5. The van der Waals surface area contributed by atoms with Gasteiger partial charge in [-0.15, -0.1) is 0 Å². The van der Waals surface area contributed by atoms with Crippen LogP contribution >= 0.6 is 0 Å². The van der Waals surface area contributed by atoms with Gasteiger partial charge >= 0.3 is 0 Å². The van der Waals surface area contributed by atoms with Gasteiger partial charge in [0.2, 0.25) is 29.0 Å². The first-order valence-electron chi connectivity index (χ1n) is 11.3. The van der Waals surface area contributed by atoms with Crippen molar-refractivity contribution >= 4 is 23.4 Å². The predicted octanol–water partition coefficient (Wildman–Crippen LogP) is 3.69. The minimum Gasteiger partial charge on any atom is -0.349 e. The Morgan fingerprint density at radius 1 is 0.794 bits per heavy atom. The van der Waals surface area contributed by atoms with Crippen molar-refractivity contribution in [2.24, 2.45) is 11.8 Å². The van der Waals surface area contributed by atoms with E-state index in [9.17, 15) is 19.2 Å². The zero-order chi connectivity index (χ0) is 23.6. The molecule has 0 N–H and O–H groups in total. The topological polar surface area (TPSA) is 80.8 Å². The number of rotatable bonds is 3. The second kappa shape index (κ2) is 7.30. The maximum Gasteiger partial charge on any atom is 0.237 e. The number of amides is 2. The number of imide groups is 1. The monoisotopic (exact) mass is 451 g/mol. The molecule has 0 saturated carbocycles. The molecule has 0 radical (unpaired) electrons. The molecule has 2 amide bonds. The molecule has 6 rings (SSSR count). The van der Waals surface area contributed by atoms with E-state index in [0.717, 1.165) is 11.1 Å². The molecule has 2 saturated heterocycles. The van der Waals surface area contributed by atoms with Crippen LogP contribution in [0.4, 0.5) is 0 Å². The van der Waals surface area contributed by atoms with Gasteiger partial charge in [0, 0.05) is 11.1 Å². The van der Waals surface area contributed by atoms with E-state index < -0.39 is 46.9 Å². The Morgan fingerprint density at radius 3 is 2.09 bits per heavy atom. The van der Waals surface area contributed by atoms with E-state index in [1.165, 1.54) is 4.90 Å². The molecule has 3 aliphatic rings. The molecular formula is C28H21NO5. The van der Waals surface area contributed by atoms with Gasteiger partial charge in [-0.25, -0.2) is 0 Å². The minimum atomic E-state index is -2.03. The van der Waals surface area contributed by atoms with Crippen LogP contribution in [0.5, 0.6) is 0 Å². The zero-order valence-corrected chi connectivity index (χ0v) is 18.4. The number of ether oxygens (including phenoxy) is 1. The number of fused-ring (bicyclic) bond motifs is 3. The van der Waals surface area contributed by atoms with Crippen LogP contribution in [0.15, 0.2) is 78.9 Å². The molecule has 3 aromatic rings. The van der Waals surface area contributed by atoms with Crippen molar-refractivity contribution in [3.8, 4) is 0 Å². The summed E-state index contributed by atoms with van der Waals surface area (Å²) >= 11 is 0. The van der Waals surface area contributed by atoms with Crippen LogP contribution in [-0.2, 0) is 20.9 Å². The van der Waals surface area contributed by atoms with Crippen LogP contribution < -0.4 is 0 Å². The molecule has 0 bridgehead atoms. The highest BCUT2D eigenvalue weighted by molar-refractivity contribution is 6.35. The zero-order valence-electron chi connectivity index (χ0n) is 18.4. The molecule has 2 aliphatic heterocycles. The average molecular weight is 451 g/mol. The van der Waals surface area contributed by atoms with Gasteiger partial charge in [-0.2, -0.15) is 0 Å². The summed E-state index contributed by atoms with van der Waals surface area (Å²) in [6, 6.07) is 23.1. The number of hydrogen-bond acceptors (Lipinski definition) is 5. The quantitative estimate of drug-likeness (QED) is 0.448. The van der Waals surface area contributed by atoms with E-state index in [-0.39, 0.29) is 17.7 Å². The van der Waals surface area contributed by atoms with Crippen LogP contribution in [0.1, 0.15) is 43.5 Å². The van der Waals surface area contributed by atoms with Crippen LogP contribution in [0, 0.1) is 18.8 Å². The Hall–Kier alpha value is -3.90. The van der Waals surface area contributed by atoms with Crippen molar-refractivity contribution in [3.05, 3.63) is 107 Å². The van der Waals surface area contributed by atoms with Gasteiger partial charge in [0.1, 0.15) is 0 Å². The Balaban J connectivity index is 1.50. The van der Waals surface area contributed by atoms with Crippen LogP contribution in [0.3, 0.4) is 0 Å². The molecule has 0 aromatic heterocycles. The number of nitrogens with zero attached hydrogens (tertiary/aromatic N) is 1. The molecule has 34 heavy (non-hydrogen) atoms. The molecule has 3 aromatic carbocycles. The summed E-state index contributed by atoms with van der Waals surface area (Å²) in [6.07, 6.45) is -0.885. The van der Waals surface area contributed by atoms with E-state index in [2.05, 4.69) is 0 Å². The molecule has 1 aliphatic carbocycles. The fourth-order valence-electron chi connectivity index (χ4n) is 5.65. The first-order valence-corrected chi connectivity index (χ1v) is 11.3. The van der Waals surface area contributed by atoms with Crippen molar-refractivity contribution in [1.29, 1.82) is 0 Å². The Kier molecular flexibility index (Phi) is 4.44. The molecule has 2 heterocycles. The number of likely N-dealkylation sites (tertiary alicyclic amines) is 1. The first-order chi connectivity index (χ1) is 16.4. The highest BCUT2D eigenvalue weighted by Gasteiger charge is 2.74. The normalized spacial score (nSPS) is 24.7. The second-order valence-corrected chi connectivity index (χ2v) is 9.14. The summed E-state index contributed by atoms with van der Waals surface area (Å²) in [5.74, 6) is -4.20. The number of benzene rings is 3. The average Bonchev–Trinajstić information content (AvgIpc) is 3.41. The van der Waals surface area contributed by atoms with E-state index in [1.807, 2.05) is 61.5 Å². The van der Waals surface area contributed by atoms with Gasteiger partial charge in [0.15, 0.2) is 0 Å². The SMILES string of the molecule is Cc1cccc(C2OC3(C(=O)c4ccccc4C3=O)C3C(=O)N(Cc4ccccc4)C(=O)C23)c1. The molecule has 168 valence electrons. The van der Waals surface area contributed by atoms with Gasteiger partial charge < -0.3 is 4.74 Å². The fraction of sp³-hybridized carbons (Fsp3) is 0.214. The van der Waals surface area contributed by atoms with Crippen LogP contribution in [0.25, 0.3) is 0 Å². The van der Waals surface area contributed by atoms with Gasteiger partial charge in [-0.3, -0.25) is 24.1 Å². The van der Waals surface area contributed by atoms with Crippen molar-refractivity contribution in [2.45, 2.75) is 25.2 Å². The van der Waals surface area contributed by atoms with Crippen molar-refractivity contribution in [3.63, 3.8) is 0 Å². The third-order valence-electron chi connectivity index (χ3n) is 7.16. The lowest BCUT2D eigenvalue weighted by Crippen LogP contribution is -2.50. The first kappa shape index (κ1) is 20.7. The van der Waals surface area contributed by atoms with Crippen LogP contribution in [0.2, 0.25) is 0 Å². The third-order valence-corrected chi connectivity index (χ3v) is 7.16. The van der Waals surface area contributed by atoms with E-state index in [4.69, 9.17) is 4.74 Å². The molecule has 3 unspecified atom stereocenters. The maximum absolute atomic E-state index is 13.8. The van der Waals surface area contributed by atoms with E-state index in [0.29, 0.717) is 5.56 Å².